The highest BCUT2D eigenvalue weighted by Gasteiger charge is 2.27. The molecular formula is C84H114N24O9. The Balaban J connectivity index is 0.000000281. The number of carbonyl (C=O) groups is 1. The number of hydrogen-bond donors (Lipinski definition) is 3. The van der Waals surface area contributed by atoms with Crippen LogP contribution in [-0.4, -0.2) is 196 Å². The van der Waals surface area contributed by atoms with Crippen LogP contribution in [0.15, 0.2) is 275 Å². The lowest BCUT2D eigenvalue weighted by Gasteiger charge is -2.33. The summed E-state index contributed by atoms with van der Waals surface area (Å²) in [6.07, 6.45) is 46.4. The molecule has 3 aliphatic heterocycles. The van der Waals surface area contributed by atoms with Gasteiger partial charge in [0.15, 0.2) is 5.78 Å². The monoisotopic (exact) mass is 1600 g/mol. The molecule has 624 valence electrons. The van der Waals surface area contributed by atoms with E-state index >= 15 is 0 Å². The molecular weight excluding hydrogens is 1490 g/mol. The van der Waals surface area contributed by atoms with Gasteiger partial charge in [0.25, 0.3) is 0 Å². The number of carbonyl (C=O) groups excluding carboxylic acids is 1. The van der Waals surface area contributed by atoms with E-state index in [1.165, 1.54) is 38.4 Å². The van der Waals surface area contributed by atoms with Crippen molar-refractivity contribution in [1.82, 2.24) is 79.9 Å². The number of allylic oxidation sites excluding steroid dienone is 2. The zero-order valence-corrected chi connectivity index (χ0v) is 67.9. The van der Waals surface area contributed by atoms with Gasteiger partial charge in [0.1, 0.15) is 0 Å². The maximum atomic E-state index is 11.6. The molecule has 117 heavy (non-hydrogen) atoms. The second-order valence-electron chi connectivity index (χ2n) is 27.0. The summed E-state index contributed by atoms with van der Waals surface area (Å²) >= 11 is 0. The van der Waals surface area contributed by atoms with E-state index in [-0.39, 0.29) is 48.4 Å². The van der Waals surface area contributed by atoms with Crippen molar-refractivity contribution in [2.75, 3.05) is 74.6 Å². The van der Waals surface area contributed by atoms with Crippen LogP contribution in [0.3, 0.4) is 0 Å². The molecule has 7 atom stereocenters. The minimum atomic E-state index is -0.433. The molecule has 33 heteroatoms. The van der Waals surface area contributed by atoms with Gasteiger partial charge >= 0.3 is 0 Å². The zero-order valence-electron chi connectivity index (χ0n) is 67.9. The minimum absolute atomic E-state index is 0.0193. The Labute approximate surface area is 686 Å². The minimum Gasteiger partial charge on any atom is -0.513 e. The first-order valence-electron chi connectivity index (χ1n) is 38.6. The van der Waals surface area contributed by atoms with Crippen LogP contribution in [0.1, 0.15) is 194 Å². The fourth-order valence-electron chi connectivity index (χ4n) is 12.4. The van der Waals surface area contributed by atoms with Crippen LogP contribution < -0.4 is 0 Å². The van der Waals surface area contributed by atoms with Gasteiger partial charge in [-0.25, -0.2) is 5.01 Å². The summed E-state index contributed by atoms with van der Waals surface area (Å²) in [4.78, 5) is 96.2. The van der Waals surface area contributed by atoms with Crippen molar-refractivity contribution in [1.29, 1.82) is 0 Å². The number of aromatic nitrogens is 8. The van der Waals surface area contributed by atoms with Gasteiger partial charge in [-0.15, -0.1) is 31.1 Å². The third kappa shape index (κ3) is 37.4. The summed E-state index contributed by atoms with van der Waals surface area (Å²) in [5.74, 6) is 0.230. The molecule has 0 amide bonds. The third-order valence-corrected chi connectivity index (χ3v) is 18.8. The average Bonchev–Trinajstić information content (AvgIpc) is 1.79. The second-order valence-corrected chi connectivity index (χ2v) is 27.0. The molecule has 0 saturated carbocycles. The molecule has 33 nitrogen and oxygen atoms in total. The lowest BCUT2D eigenvalue weighted by Crippen LogP contribution is -2.28. The third-order valence-electron chi connectivity index (χ3n) is 18.8. The highest BCUT2D eigenvalue weighted by Crippen LogP contribution is 2.33. The van der Waals surface area contributed by atoms with Crippen molar-refractivity contribution in [2.24, 2.45) is 41.7 Å². The summed E-state index contributed by atoms with van der Waals surface area (Å²) in [5, 5.41) is 66.7. The van der Waals surface area contributed by atoms with E-state index in [4.69, 9.17) is 10.2 Å². The predicted octanol–water partition coefficient (Wildman–Crippen LogP) is 16.0. The predicted molar refractivity (Wildman–Crippen MR) is 458 cm³/mol. The second kappa shape index (κ2) is 59.0. The van der Waals surface area contributed by atoms with E-state index in [0.717, 1.165) is 111 Å². The Bertz CT molecular complexity index is 4060. The maximum absolute atomic E-state index is 11.6. The molecule has 3 aliphatic rings. The van der Waals surface area contributed by atoms with E-state index in [9.17, 15) is 34.4 Å². The van der Waals surface area contributed by atoms with E-state index in [1.807, 2.05) is 105 Å². The van der Waals surface area contributed by atoms with Gasteiger partial charge in [-0.1, -0.05) is 67.3 Å². The number of aliphatic hydroxyl groups excluding tert-OH is 3. The number of pyridine rings is 8. The molecule has 2 fully saturated rings. The number of aliphatic hydroxyl groups is 3. The van der Waals surface area contributed by atoms with Gasteiger partial charge in [0.2, 0.25) is 0 Å². The smallest absolute Gasteiger partial charge is 0.164 e. The van der Waals surface area contributed by atoms with Crippen LogP contribution in [0.25, 0.3) is 0 Å². The zero-order chi connectivity index (χ0) is 85.1. The maximum Gasteiger partial charge on any atom is 0.164 e. The Hall–Kier alpha value is -12.8. The van der Waals surface area contributed by atoms with Crippen molar-refractivity contribution < 1.29 is 20.1 Å². The number of nitroso groups, excluding NO2 is 5. The molecule has 0 bridgehead atoms. The van der Waals surface area contributed by atoms with Gasteiger partial charge in [0.05, 0.1) is 81.1 Å². The fourth-order valence-corrected chi connectivity index (χ4v) is 12.4. The Morgan fingerprint density at radius 2 is 0.923 bits per heavy atom. The van der Waals surface area contributed by atoms with Crippen molar-refractivity contribution in [3.05, 3.63) is 302 Å². The number of ketones is 1. The highest BCUT2D eigenvalue weighted by molar-refractivity contribution is 5.95. The van der Waals surface area contributed by atoms with Crippen LogP contribution in [-0.2, 0) is 0 Å². The summed E-state index contributed by atoms with van der Waals surface area (Å²) < 4.78 is 0. The molecule has 5 unspecified atom stereocenters. The molecule has 3 N–H and O–H groups in total. The SMILES string of the molecule is C=C(O)CCC(c1cccnc1)N(C)N=O.C=CCCC(c1cccnc1)N(C)N=O.C=NN(C)CCCC(=O)c1cccnc1.C=NN(C)CCCC(O)c1cccnc1.C=NN1CCCCC1c1cccnc1.CN(N=O)C(CCCO)c1cccnc1.O=NN1CC=CC[C@H]1c1cccnc1.O=NN1CCC[C@@H]1c1cccnc1. The van der Waals surface area contributed by atoms with E-state index in [0.29, 0.717) is 56.7 Å². The quantitative estimate of drug-likeness (QED) is 0.00820. The van der Waals surface area contributed by atoms with Crippen LogP contribution >= 0.6 is 0 Å². The van der Waals surface area contributed by atoms with Crippen LogP contribution in [0, 0.1) is 24.5 Å². The summed E-state index contributed by atoms with van der Waals surface area (Å²) in [7, 11) is 8.60. The Kier molecular flexibility index (Phi) is 48.7. The van der Waals surface area contributed by atoms with E-state index < -0.39 is 6.10 Å². The lowest BCUT2D eigenvalue weighted by molar-refractivity contribution is 0.0976. The molecule has 8 aromatic rings. The Morgan fingerprint density at radius 3 is 1.34 bits per heavy atom. The first kappa shape index (κ1) is 96.6. The van der Waals surface area contributed by atoms with Crippen LogP contribution in [0.2, 0.25) is 0 Å². The van der Waals surface area contributed by atoms with Crippen molar-refractivity contribution in [3.8, 4) is 0 Å². The number of nitrogens with zero attached hydrogens (tertiary/aromatic N) is 24. The molecule has 2 saturated heterocycles. The molecule has 11 rings (SSSR count). The van der Waals surface area contributed by atoms with Gasteiger partial charge in [-0.2, -0.15) is 15.3 Å². The van der Waals surface area contributed by atoms with E-state index in [1.54, 1.807) is 147 Å². The summed E-state index contributed by atoms with van der Waals surface area (Å²) in [6, 6.07) is 30.5. The average molecular weight is 1600 g/mol. The van der Waals surface area contributed by atoms with Crippen molar-refractivity contribution in [2.45, 2.75) is 145 Å². The van der Waals surface area contributed by atoms with Crippen molar-refractivity contribution in [3.63, 3.8) is 0 Å². The molecule has 0 spiro atoms. The molecule has 0 aromatic carbocycles. The summed E-state index contributed by atoms with van der Waals surface area (Å²) in [6.45, 7) is 21.6. The standard InChI is InChI=1S/C11H15N3O2.C11H17N3O.2C11H15N3O.C11H15N3.C10H15N3O2.C10H11N3O.C9H11N3O/c1-9(15)5-6-11(14(2)13-16)10-4-3-7-12-8-10;2*1-12-14(2)8-4-6-11(15)10-5-3-7-13-9-10;1-3-4-7-11(14(2)13-15)10-6-5-8-12-9-10;1-12-14-8-3-2-6-11(14)10-5-4-7-13-9-10;1-13(12-15)10(5-3-7-14)9-4-2-6-11-8-9;14-12-13-7-2-1-5-10(13)9-4-3-6-11-8-9;13-11-12-6-2-4-9(12)8-3-1-5-10-7-8/h3-4,7-8,11,15H,1,5-6H2,2H3;3,5,7,9,11,15H,1,4,6,8H2,2H3;3,5,7,9H,1,4,6,8H2,2H3;3,5-6,8-9,11H,1,4,7H2,2H3;4-5,7,9,11H,1-3,6,8H2;2,4,6,8,10,14H,3,5,7H2,1H3;1-4,6,8,10H,5,7H2;1,3,5,7,9H,2,4,6H2/t;;;;;;10-;9-/m......01/s1. The van der Waals surface area contributed by atoms with Gasteiger partial charge in [-0.05, 0) is 183 Å². The largest absolute Gasteiger partial charge is 0.513 e. The molecule has 11 heterocycles. The fraction of sp³-hybridized carbons (Fsp3) is 0.405. The highest BCUT2D eigenvalue weighted by atomic mass is 16.3. The number of hydrazone groups is 3. The molecule has 0 aliphatic carbocycles. The van der Waals surface area contributed by atoms with Gasteiger partial charge in [0, 0.05) is 206 Å². The van der Waals surface area contributed by atoms with Crippen LogP contribution in [0.4, 0.5) is 0 Å². The van der Waals surface area contributed by atoms with Gasteiger partial charge < -0.3 is 25.3 Å². The Morgan fingerprint density at radius 1 is 0.496 bits per heavy atom. The number of rotatable bonds is 36. The number of hydrogen-bond acceptors (Lipinski definition) is 28. The first-order chi connectivity index (χ1) is 56.9. The van der Waals surface area contributed by atoms with E-state index in [2.05, 4.69) is 132 Å². The first-order valence-corrected chi connectivity index (χ1v) is 38.6. The normalized spacial score (nSPS) is 15.0. The molecule has 8 aromatic heterocycles. The van der Waals surface area contributed by atoms with Gasteiger partial charge in [-0.3, -0.25) is 69.7 Å². The number of piperidine rings is 1. The molecule has 0 radical (unpaired) electrons. The van der Waals surface area contributed by atoms with Crippen LogP contribution in [0.5, 0.6) is 0 Å². The number of Topliss-reactive ketones (excluding diaryl/α,β-unsaturated/α-hetero) is 1. The van der Waals surface area contributed by atoms with Crippen molar-refractivity contribution >= 4 is 25.9 Å². The topological polar surface area (TPSA) is 391 Å². The summed E-state index contributed by atoms with van der Waals surface area (Å²) in [5.41, 5.74) is 7.74. The lowest BCUT2D eigenvalue weighted by atomic mass is 9.98.